The van der Waals surface area contributed by atoms with Gasteiger partial charge in [-0.1, -0.05) is 11.5 Å². The van der Waals surface area contributed by atoms with Gasteiger partial charge in [-0.3, -0.25) is 0 Å². The normalized spacial score (nSPS) is 9.69. The second-order valence-corrected chi connectivity index (χ2v) is 2.25. The van der Waals surface area contributed by atoms with Crippen LogP contribution in [0.25, 0.3) is 0 Å². The van der Waals surface area contributed by atoms with Crippen molar-refractivity contribution < 1.29 is 13.5 Å². The Morgan fingerprint density at radius 1 is 1.46 bits per heavy atom. The maximum absolute atomic E-state index is 11.8. The second-order valence-electron chi connectivity index (χ2n) is 2.25. The Labute approximate surface area is 75.2 Å². The topological polar surface area (TPSA) is 33.0 Å². The number of nitrogens with zero attached hydrogens (tertiary/aromatic N) is 1. The molecule has 0 N–H and O–H groups in total. The fourth-order valence-electron chi connectivity index (χ4n) is 0.825. The molecule has 0 saturated heterocycles. The lowest BCUT2D eigenvalue weighted by Crippen LogP contribution is -2.08. The molecule has 5 heteroatoms. The van der Waals surface area contributed by atoms with Gasteiger partial charge in [0.05, 0.1) is 5.56 Å². The van der Waals surface area contributed by atoms with Crippen molar-refractivity contribution >= 4 is 13.3 Å². The smallest absolute Gasteiger partial charge is 0.387 e. The van der Waals surface area contributed by atoms with Gasteiger partial charge in [0.25, 0.3) is 0 Å². The van der Waals surface area contributed by atoms with Crippen LogP contribution in [0, 0.1) is 11.3 Å². The molecule has 0 fully saturated rings. The fraction of sp³-hybridized carbons (Fsp3) is 0.125. The van der Waals surface area contributed by atoms with Crippen molar-refractivity contribution in [2.75, 3.05) is 0 Å². The van der Waals surface area contributed by atoms with E-state index in [0.717, 1.165) is 0 Å². The van der Waals surface area contributed by atoms with Crippen molar-refractivity contribution in [3.05, 3.63) is 23.8 Å². The number of benzene rings is 1. The highest BCUT2D eigenvalue weighted by molar-refractivity contribution is 6.32. The number of hydrogen-bond donors (Lipinski definition) is 0. The summed E-state index contributed by atoms with van der Waals surface area (Å²) in [5, 5.41) is 8.51. The zero-order valence-electron chi connectivity index (χ0n) is 6.50. The molecule has 0 bridgehead atoms. The van der Waals surface area contributed by atoms with E-state index in [9.17, 15) is 8.78 Å². The first-order valence-corrected chi connectivity index (χ1v) is 3.38. The molecule has 0 aliphatic carbocycles. The van der Waals surface area contributed by atoms with Crippen LogP contribution in [-0.4, -0.2) is 14.5 Å². The molecule has 0 unspecified atom stereocenters. The van der Waals surface area contributed by atoms with Gasteiger partial charge >= 0.3 is 6.61 Å². The molecule has 0 atom stereocenters. The SMILES string of the molecule is [B]c1ccc(C#N)c(OC(F)F)c1. The minimum absolute atomic E-state index is 0.0366. The van der Waals surface area contributed by atoms with E-state index in [1.807, 2.05) is 0 Å². The summed E-state index contributed by atoms with van der Waals surface area (Å²) in [6, 6.07) is 5.67. The molecule has 1 aromatic rings. The van der Waals surface area contributed by atoms with Gasteiger partial charge in [-0.2, -0.15) is 14.0 Å². The monoisotopic (exact) mass is 179 g/mol. The molecule has 0 spiro atoms. The first-order chi connectivity index (χ1) is 6.13. The number of rotatable bonds is 2. The second kappa shape index (κ2) is 3.90. The van der Waals surface area contributed by atoms with Crippen molar-refractivity contribution in [1.29, 1.82) is 5.26 Å². The molecule has 13 heavy (non-hydrogen) atoms. The molecule has 1 rings (SSSR count). The first-order valence-electron chi connectivity index (χ1n) is 3.38. The van der Waals surface area contributed by atoms with Crippen molar-refractivity contribution in [3.63, 3.8) is 0 Å². The molecular weight excluding hydrogens is 175 g/mol. The zero-order valence-corrected chi connectivity index (χ0v) is 6.50. The average Bonchev–Trinajstić information content (AvgIpc) is 2.03. The summed E-state index contributed by atoms with van der Waals surface area (Å²) in [6.45, 7) is -2.95. The highest BCUT2D eigenvalue weighted by Crippen LogP contribution is 2.17. The molecule has 64 valence electrons. The molecule has 0 aromatic heterocycles. The third-order valence-electron chi connectivity index (χ3n) is 1.34. The first kappa shape index (κ1) is 9.52. The van der Waals surface area contributed by atoms with Crippen LogP contribution in [0.1, 0.15) is 5.56 Å². The van der Waals surface area contributed by atoms with Crippen LogP contribution < -0.4 is 10.2 Å². The molecule has 0 amide bonds. The minimum Gasteiger partial charge on any atom is -0.433 e. The minimum atomic E-state index is -2.95. The predicted octanol–water partition coefficient (Wildman–Crippen LogP) is 0.953. The van der Waals surface area contributed by atoms with Crippen LogP contribution in [0.5, 0.6) is 5.75 Å². The van der Waals surface area contributed by atoms with Crippen LogP contribution in [-0.2, 0) is 0 Å². The van der Waals surface area contributed by atoms with E-state index in [-0.39, 0.29) is 16.8 Å². The summed E-state index contributed by atoms with van der Waals surface area (Å²) in [5.74, 6) is -0.197. The number of halogens is 2. The van der Waals surface area contributed by atoms with Crippen molar-refractivity contribution in [3.8, 4) is 11.8 Å². The standard InChI is InChI=1S/C8H4BF2NO/c9-6-2-1-5(4-12)7(3-6)13-8(10)11/h1-3,8H. The summed E-state index contributed by atoms with van der Waals surface area (Å²) in [7, 11) is 5.32. The quantitative estimate of drug-likeness (QED) is 0.633. The van der Waals surface area contributed by atoms with Crippen LogP contribution in [0.4, 0.5) is 8.78 Å². The predicted molar refractivity (Wildman–Crippen MR) is 43.2 cm³/mol. The van der Waals surface area contributed by atoms with E-state index in [0.29, 0.717) is 0 Å². The summed E-state index contributed by atoms with van der Waals surface area (Å²) < 4.78 is 27.7. The van der Waals surface area contributed by atoms with E-state index in [4.69, 9.17) is 13.1 Å². The molecule has 2 nitrogen and oxygen atoms in total. The van der Waals surface area contributed by atoms with Crippen LogP contribution in [0.3, 0.4) is 0 Å². The van der Waals surface area contributed by atoms with Gasteiger partial charge in [0.1, 0.15) is 19.7 Å². The fourth-order valence-corrected chi connectivity index (χ4v) is 0.825. The Bertz CT molecular complexity index is 348. The van der Waals surface area contributed by atoms with Crippen LogP contribution in [0.15, 0.2) is 18.2 Å². The number of hydrogen-bond acceptors (Lipinski definition) is 2. The number of alkyl halides is 2. The van der Waals surface area contributed by atoms with Gasteiger partial charge in [0.2, 0.25) is 0 Å². The molecule has 0 saturated carbocycles. The third-order valence-corrected chi connectivity index (χ3v) is 1.34. The van der Waals surface area contributed by atoms with E-state index < -0.39 is 6.61 Å². The molecule has 0 aliphatic rings. The van der Waals surface area contributed by atoms with Crippen molar-refractivity contribution in [1.82, 2.24) is 0 Å². The van der Waals surface area contributed by atoms with Crippen LogP contribution >= 0.6 is 0 Å². The molecular formula is C8H4BF2NO. The lowest BCUT2D eigenvalue weighted by molar-refractivity contribution is -0.0499. The Kier molecular flexibility index (Phi) is 2.86. The van der Waals surface area contributed by atoms with Gasteiger partial charge < -0.3 is 4.74 Å². The highest BCUT2D eigenvalue weighted by Gasteiger charge is 2.08. The van der Waals surface area contributed by atoms with Gasteiger partial charge in [-0.15, -0.1) is 0 Å². The lowest BCUT2D eigenvalue weighted by Gasteiger charge is -2.06. The summed E-state index contributed by atoms with van der Waals surface area (Å²) in [6.07, 6.45) is 0. The molecule has 0 heterocycles. The maximum Gasteiger partial charge on any atom is 0.387 e. The number of nitriles is 1. The Balaban J connectivity index is 3.03. The van der Waals surface area contributed by atoms with Crippen molar-refractivity contribution in [2.45, 2.75) is 6.61 Å². The van der Waals surface area contributed by atoms with E-state index in [1.54, 1.807) is 6.07 Å². The third kappa shape index (κ3) is 2.44. The highest BCUT2D eigenvalue weighted by atomic mass is 19.3. The molecule has 2 radical (unpaired) electrons. The van der Waals surface area contributed by atoms with Gasteiger partial charge in [0.15, 0.2) is 0 Å². The average molecular weight is 179 g/mol. The summed E-state index contributed by atoms with van der Waals surface area (Å²) >= 11 is 0. The molecule has 0 aliphatic heterocycles. The van der Waals surface area contributed by atoms with Gasteiger partial charge in [-0.05, 0) is 12.1 Å². The van der Waals surface area contributed by atoms with E-state index in [2.05, 4.69) is 4.74 Å². The van der Waals surface area contributed by atoms with Crippen molar-refractivity contribution in [2.24, 2.45) is 0 Å². The maximum atomic E-state index is 11.8. The largest absolute Gasteiger partial charge is 0.433 e. The van der Waals surface area contributed by atoms with E-state index in [1.165, 1.54) is 18.2 Å². The lowest BCUT2D eigenvalue weighted by atomic mass is 9.95. The Hall–Kier alpha value is -1.57. The zero-order chi connectivity index (χ0) is 9.84. The Morgan fingerprint density at radius 2 is 2.15 bits per heavy atom. The van der Waals surface area contributed by atoms with Crippen LogP contribution in [0.2, 0.25) is 0 Å². The Morgan fingerprint density at radius 3 is 2.69 bits per heavy atom. The summed E-state index contributed by atoms with van der Waals surface area (Å²) in [4.78, 5) is 0. The summed E-state index contributed by atoms with van der Waals surface area (Å²) in [5.41, 5.74) is 0.309. The number of ether oxygens (including phenoxy) is 1. The molecule has 1 aromatic carbocycles. The van der Waals surface area contributed by atoms with Gasteiger partial charge in [0, 0.05) is 0 Å². The van der Waals surface area contributed by atoms with Gasteiger partial charge in [-0.25, -0.2) is 0 Å². The van der Waals surface area contributed by atoms with E-state index >= 15 is 0 Å².